The first kappa shape index (κ1) is 16.3. The van der Waals surface area contributed by atoms with Crippen molar-refractivity contribution in [1.29, 1.82) is 0 Å². The summed E-state index contributed by atoms with van der Waals surface area (Å²) in [5.74, 6) is -0.260. The Balaban J connectivity index is 2.70. The highest BCUT2D eigenvalue weighted by molar-refractivity contribution is 9.10. The summed E-state index contributed by atoms with van der Waals surface area (Å²) in [5.41, 5.74) is 5.97. The SMILES string of the molecule is CCN(CC)CCOc1ccc(C(N)=S)c(Br)c1F. The van der Waals surface area contributed by atoms with Crippen LogP contribution in [0.4, 0.5) is 4.39 Å². The number of benzene rings is 1. The van der Waals surface area contributed by atoms with Gasteiger partial charge in [-0.25, -0.2) is 4.39 Å². The number of thiocarbonyl (C=S) groups is 1. The van der Waals surface area contributed by atoms with Crippen molar-refractivity contribution in [3.8, 4) is 5.75 Å². The number of likely N-dealkylation sites (N-methyl/N-ethyl adjacent to an activating group) is 1. The zero-order valence-corrected chi connectivity index (χ0v) is 13.5. The lowest BCUT2D eigenvalue weighted by atomic mass is 10.2. The zero-order valence-electron chi connectivity index (χ0n) is 11.1. The number of ether oxygens (including phenoxy) is 1. The molecule has 0 aliphatic carbocycles. The van der Waals surface area contributed by atoms with E-state index in [1.54, 1.807) is 12.1 Å². The molecule has 106 valence electrons. The van der Waals surface area contributed by atoms with Crippen molar-refractivity contribution >= 4 is 33.1 Å². The second kappa shape index (κ2) is 7.77. The zero-order chi connectivity index (χ0) is 14.4. The lowest BCUT2D eigenvalue weighted by Gasteiger charge is -2.18. The van der Waals surface area contributed by atoms with Gasteiger partial charge in [0.1, 0.15) is 11.6 Å². The molecule has 1 aromatic rings. The molecule has 0 spiro atoms. The number of hydrogen-bond acceptors (Lipinski definition) is 3. The molecule has 0 radical (unpaired) electrons. The summed E-state index contributed by atoms with van der Waals surface area (Å²) in [6.45, 7) is 7.27. The summed E-state index contributed by atoms with van der Waals surface area (Å²) in [4.78, 5) is 2.36. The van der Waals surface area contributed by atoms with Crippen molar-refractivity contribution in [2.45, 2.75) is 13.8 Å². The van der Waals surface area contributed by atoms with Crippen molar-refractivity contribution in [2.24, 2.45) is 5.73 Å². The first-order chi connectivity index (χ1) is 9.01. The Labute approximate surface area is 127 Å². The average molecular weight is 349 g/mol. The van der Waals surface area contributed by atoms with E-state index in [9.17, 15) is 4.39 Å². The van der Waals surface area contributed by atoms with E-state index in [4.69, 9.17) is 22.7 Å². The molecule has 0 unspecified atom stereocenters. The van der Waals surface area contributed by atoms with E-state index in [-0.39, 0.29) is 15.2 Å². The van der Waals surface area contributed by atoms with Crippen molar-refractivity contribution in [3.05, 3.63) is 28.0 Å². The number of rotatable bonds is 7. The Morgan fingerprint density at radius 2 is 2.05 bits per heavy atom. The third kappa shape index (κ3) is 4.40. The Kier molecular flexibility index (Phi) is 6.68. The molecule has 1 rings (SSSR count). The smallest absolute Gasteiger partial charge is 0.179 e. The summed E-state index contributed by atoms with van der Waals surface area (Å²) in [5, 5.41) is 0. The quantitative estimate of drug-likeness (QED) is 0.769. The van der Waals surface area contributed by atoms with E-state index in [1.165, 1.54) is 0 Å². The van der Waals surface area contributed by atoms with Gasteiger partial charge >= 0.3 is 0 Å². The molecule has 0 saturated heterocycles. The standard InChI is InChI=1S/C13H18BrFN2OS/c1-3-17(4-2)7-8-18-10-6-5-9(13(16)19)11(14)12(10)15/h5-6H,3-4,7-8H2,1-2H3,(H2,16,19). The molecular formula is C13H18BrFN2OS. The highest BCUT2D eigenvalue weighted by Gasteiger charge is 2.14. The van der Waals surface area contributed by atoms with Crippen LogP contribution < -0.4 is 10.5 Å². The summed E-state index contributed by atoms with van der Waals surface area (Å²) >= 11 is 7.99. The fraction of sp³-hybridized carbons (Fsp3) is 0.462. The molecule has 2 N–H and O–H groups in total. The Morgan fingerprint density at radius 1 is 1.42 bits per heavy atom. The second-order valence-electron chi connectivity index (χ2n) is 3.98. The highest BCUT2D eigenvalue weighted by atomic mass is 79.9. The summed E-state index contributed by atoms with van der Waals surface area (Å²) in [7, 11) is 0. The molecule has 0 atom stereocenters. The molecule has 0 fully saturated rings. The van der Waals surface area contributed by atoms with Gasteiger partial charge in [-0.3, -0.25) is 0 Å². The third-order valence-corrected chi connectivity index (χ3v) is 3.87. The van der Waals surface area contributed by atoms with Gasteiger partial charge in [-0.1, -0.05) is 26.1 Å². The topological polar surface area (TPSA) is 38.5 Å². The van der Waals surface area contributed by atoms with E-state index in [2.05, 4.69) is 34.7 Å². The maximum absolute atomic E-state index is 14.0. The maximum atomic E-state index is 14.0. The van der Waals surface area contributed by atoms with E-state index in [1.807, 2.05) is 0 Å². The van der Waals surface area contributed by atoms with Gasteiger partial charge in [-0.15, -0.1) is 0 Å². The molecule has 19 heavy (non-hydrogen) atoms. The highest BCUT2D eigenvalue weighted by Crippen LogP contribution is 2.28. The molecule has 0 bridgehead atoms. The molecule has 0 aromatic heterocycles. The predicted octanol–water partition coefficient (Wildman–Crippen LogP) is 2.94. The molecule has 0 heterocycles. The minimum Gasteiger partial charge on any atom is -0.489 e. The van der Waals surface area contributed by atoms with Gasteiger partial charge in [0, 0.05) is 12.1 Å². The lowest BCUT2D eigenvalue weighted by Crippen LogP contribution is -2.28. The van der Waals surface area contributed by atoms with Crippen LogP contribution in [0.25, 0.3) is 0 Å². The fourth-order valence-corrected chi connectivity index (χ4v) is 2.50. The first-order valence-corrected chi connectivity index (χ1v) is 7.34. The number of nitrogens with zero attached hydrogens (tertiary/aromatic N) is 1. The molecule has 6 heteroatoms. The van der Waals surface area contributed by atoms with Crippen LogP contribution in [0.15, 0.2) is 16.6 Å². The van der Waals surface area contributed by atoms with Crippen molar-refractivity contribution in [3.63, 3.8) is 0 Å². The van der Waals surface area contributed by atoms with E-state index in [0.29, 0.717) is 12.2 Å². The minimum absolute atomic E-state index is 0.153. The van der Waals surface area contributed by atoms with Crippen LogP contribution >= 0.6 is 28.1 Å². The lowest BCUT2D eigenvalue weighted by molar-refractivity contribution is 0.217. The third-order valence-electron chi connectivity index (χ3n) is 2.87. The average Bonchev–Trinajstić information content (AvgIpc) is 2.39. The van der Waals surface area contributed by atoms with Crippen LogP contribution in [0, 0.1) is 5.82 Å². The number of hydrogen-bond donors (Lipinski definition) is 1. The van der Waals surface area contributed by atoms with Crippen LogP contribution in [-0.2, 0) is 0 Å². The molecule has 0 saturated carbocycles. The minimum atomic E-state index is -0.468. The van der Waals surface area contributed by atoms with Crippen LogP contribution in [0.2, 0.25) is 0 Å². The maximum Gasteiger partial charge on any atom is 0.179 e. The normalized spacial score (nSPS) is 10.8. The molecule has 1 aromatic carbocycles. The van der Waals surface area contributed by atoms with Gasteiger partial charge in [0.25, 0.3) is 0 Å². The van der Waals surface area contributed by atoms with Crippen LogP contribution in [0.3, 0.4) is 0 Å². The van der Waals surface area contributed by atoms with Crippen molar-refractivity contribution in [1.82, 2.24) is 4.90 Å². The van der Waals surface area contributed by atoms with Crippen molar-refractivity contribution in [2.75, 3.05) is 26.2 Å². The summed E-state index contributed by atoms with van der Waals surface area (Å²) < 4.78 is 19.7. The van der Waals surface area contributed by atoms with Gasteiger partial charge in [0.15, 0.2) is 11.6 Å². The first-order valence-electron chi connectivity index (χ1n) is 6.14. The van der Waals surface area contributed by atoms with E-state index < -0.39 is 5.82 Å². The van der Waals surface area contributed by atoms with Crippen LogP contribution in [-0.4, -0.2) is 36.1 Å². The number of nitrogens with two attached hydrogens (primary N) is 1. The van der Waals surface area contributed by atoms with E-state index in [0.717, 1.165) is 19.6 Å². The van der Waals surface area contributed by atoms with Gasteiger partial charge in [-0.2, -0.15) is 0 Å². The molecule has 3 nitrogen and oxygen atoms in total. The van der Waals surface area contributed by atoms with Crippen LogP contribution in [0.1, 0.15) is 19.4 Å². The molecular weight excluding hydrogens is 331 g/mol. The fourth-order valence-electron chi connectivity index (χ4n) is 1.66. The van der Waals surface area contributed by atoms with Crippen molar-refractivity contribution < 1.29 is 9.13 Å². The second-order valence-corrected chi connectivity index (χ2v) is 5.21. The van der Waals surface area contributed by atoms with Gasteiger partial charge in [0.05, 0.1) is 4.47 Å². The Morgan fingerprint density at radius 3 is 2.58 bits per heavy atom. The van der Waals surface area contributed by atoms with Gasteiger partial charge in [-0.05, 0) is 41.2 Å². The summed E-state index contributed by atoms with van der Waals surface area (Å²) in [6, 6.07) is 3.21. The molecule has 0 aliphatic heterocycles. The van der Waals surface area contributed by atoms with Gasteiger partial charge in [0.2, 0.25) is 0 Å². The van der Waals surface area contributed by atoms with Crippen LogP contribution in [0.5, 0.6) is 5.75 Å². The monoisotopic (exact) mass is 348 g/mol. The molecule has 0 aliphatic rings. The largest absolute Gasteiger partial charge is 0.489 e. The summed E-state index contributed by atoms with van der Waals surface area (Å²) in [6.07, 6.45) is 0. The Hall–Kier alpha value is -0.720. The van der Waals surface area contributed by atoms with E-state index >= 15 is 0 Å². The molecule has 0 amide bonds. The number of halogens is 2. The van der Waals surface area contributed by atoms with Gasteiger partial charge < -0.3 is 15.4 Å². The predicted molar refractivity (Wildman–Crippen MR) is 83.3 cm³/mol. The Bertz CT molecular complexity index is 453.